The molecular formula is C30H42N5+. The van der Waals surface area contributed by atoms with Crippen molar-refractivity contribution in [2.24, 2.45) is 12.5 Å². The molecule has 35 heavy (non-hydrogen) atoms. The monoisotopic (exact) mass is 472 g/mol. The van der Waals surface area contributed by atoms with Crippen LogP contribution in [-0.2, 0) is 13.5 Å². The smallest absolute Gasteiger partial charge is 0.215 e. The van der Waals surface area contributed by atoms with E-state index in [0.717, 1.165) is 18.1 Å². The summed E-state index contributed by atoms with van der Waals surface area (Å²) in [6.07, 6.45) is 6.88. The van der Waals surface area contributed by atoms with Crippen molar-refractivity contribution in [1.29, 1.82) is 0 Å². The van der Waals surface area contributed by atoms with Gasteiger partial charge < -0.3 is 9.80 Å². The summed E-state index contributed by atoms with van der Waals surface area (Å²) in [5.41, 5.74) is 9.12. The third-order valence-corrected chi connectivity index (χ3v) is 7.12. The van der Waals surface area contributed by atoms with Gasteiger partial charge in [-0.2, -0.15) is 0 Å². The second-order valence-electron chi connectivity index (χ2n) is 12.4. The van der Waals surface area contributed by atoms with Crippen LogP contribution < -0.4 is 14.4 Å². The van der Waals surface area contributed by atoms with Gasteiger partial charge in [-0.3, -0.25) is 0 Å². The number of benzene rings is 1. The van der Waals surface area contributed by atoms with Crippen LogP contribution in [0.5, 0.6) is 0 Å². The number of anilines is 3. The Kier molecular flexibility index (Phi) is 6.19. The number of nitrogens with zero attached hydrogens (tertiary/aromatic N) is 5. The Bertz CT molecular complexity index is 1260. The van der Waals surface area contributed by atoms with E-state index in [0.29, 0.717) is 0 Å². The van der Waals surface area contributed by atoms with Crippen LogP contribution in [0.3, 0.4) is 0 Å². The molecule has 4 rings (SSSR count). The Morgan fingerprint density at radius 2 is 1.54 bits per heavy atom. The van der Waals surface area contributed by atoms with Crippen molar-refractivity contribution in [2.45, 2.75) is 87.4 Å². The van der Waals surface area contributed by atoms with E-state index in [1.807, 2.05) is 6.20 Å². The third kappa shape index (κ3) is 4.53. The zero-order valence-electron chi connectivity index (χ0n) is 23.5. The van der Waals surface area contributed by atoms with Crippen LogP contribution in [-0.4, -0.2) is 21.7 Å². The first-order valence-electron chi connectivity index (χ1n) is 12.7. The lowest BCUT2D eigenvalue weighted by atomic mass is 9.85. The minimum atomic E-state index is -0.0850. The normalized spacial score (nSPS) is 16.1. The standard InChI is InChI=1S/C30H42N5/c1-19-12-15-33(11)26(20(19)2)24-16-23(18-29(5,6)7)17-25(21(24)3)34-22(4)35(30(8,9)10)28-27(34)31-13-14-32-28/h12-17,22H,18H2,1-11H3/q+1/t22-/m0/s1. The third-order valence-electron chi connectivity index (χ3n) is 7.12. The summed E-state index contributed by atoms with van der Waals surface area (Å²) in [6.45, 7) is 22.6. The zero-order chi connectivity index (χ0) is 25.9. The van der Waals surface area contributed by atoms with Gasteiger partial charge >= 0.3 is 0 Å². The molecule has 0 saturated carbocycles. The predicted octanol–water partition coefficient (Wildman–Crippen LogP) is 6.58. The van der Waals surface area contributed by atoms with E-state index in [4.69, 9.17) is 9.97 Å². The lowest BCUT2D eigenvalue weighted by Crippen LogP contribution is -2.49. The number of fused-ring (bicyclic) bond motifs is 1. The lowest BCUT2D eigenvalue weighted by Gasteiger charge is -2.39. The van der Waals surface area contributed by atoms with Crippen molar-refractivity contribution in [3.05, 3.63) is 59.0 Å². The molecule has 0 amide bonds. The minimum Gasteiger partial charge on any atom is -0.328 e. The van der Waals surface area contributed by atoms with Gasteiger partial charge in [0.25, 0.3) is 0 Å². The van der Waals surface area contributed by atoms with Crippen molar-refractivity contribution in [3.8, 4) is 11.3 Å². The summed E-state index contributed by atoms with van der Waals surface area (Å²) in [7, 11) is 2.15. The summed E-state index contributed by atoms with van der Waals surface area (Å²) in [6, 6.07) is 6.99. The van der Waals surface area contributed by atoms with E-state index in [1.54, 1.807) is 6.20 Å². The second kappa shape index (κ2) is 8.61. The van der Waals surface area contributed by atoms with E-state index in [2.05, 4.69) is 115 Å². The summed E-state index contributed by atoms with van der Waals surface area (Å²) >= 11 is 0. The van der Waals surface area contributed by atoms with E-state index < -0.39 is 0 Å². The number of aromatic nitrogens is 3. The highest BCUT2D eigenvalue weighted by Gasteiger charge is 2.42. The first-order valence-corrected chi connectivity index (χ1v) is 12.7. The molecule has 5 heteroatoms. The minimum absolute atomic E-state index is 0.0850. The summed E-state index contributed by atoms with van der Waals surface area (Å²) < 4.78 is 2.26. The van der Waals surface area contributed by atoms with Gasteiger partial charge in [-0.25, -0.2) is 14.5 Å². The molecule has 0 spiro atoms. The molecule has 5 nitrogen and oxygen atoms in total. The van der Waals surface area contributed by atoms with Gasteiger partial charge in [-0.05, 0) is 89.1 Å². The van der Waals surface area contributed by atoms with Crippen molar-refractivity contribution < 1.29 is 4.57 Å². The van der Waals surface area contributed by atoms with Crippen LogP contribution in [0.2, 0.25) is 0 Å². The maximum atomic E-state index is 4.84. The van der Waals surface area contributed by atoms with Crippen molar-refractivity contribution >= 4 is 17.3 Å². The largest absolute Gasteiger partial charge is 0.328 e. The van der Waals surface area contributed by atoms with Gasteiger partial charge in [0, 0.05) is 35.2 Å². The fraction of sp³-hybridized carbons (Fsp3) is 0.500. The molecule has 2 aromatic heterocycles. The molecule has 0 fully saturated rings. The fourth-order valence-electron chi connectivity index (χ4n) is 5.56. The van der Waals surface area contributed by atoms with E-state index >= 15 is 0 Å². The number of aryl methyl sites for hydroxylation is 2. The van der Waals surface area contributed by atoms with Crippen LogP contribution >= 0.6 is 0 Å². The van der Waals surface area contributed by atoms with Crippen molar-refractivity contribution in [3.63, 3.8) is 0 Å². The highest BCUT2D eigenvalue weighted by molar-refractivity contribution is 5.83. The Morgan fingerprint density at radius 1 is 0.914 bits per heavy atom. The molecule has 1 aliphatic heterocycles. The summed E-state index contributed by atoms with van der Waals surface area (Å²) in [5.74, 6) is 1.88. The topological polar surface area (TPSA) is 36.1 Å². The molecule has 3 heterocycles. The molecule has 0 radical (unpaired) electrons. The van der Waals surface area contributed by atoms with Crippen LogP contribution in [0, 0.1) is 26.2 Å². The molecular weight excluding hydrogens is 430 g/mol. The molecule has 3 aromatic rings. The highest BCUT2D eigenvalue weighted by Crippen LogP contribution is 2.47. The van der Waals surface area contributed by atoms with Crippen molar-refractivity contribution in [1.82, 2.24) is 9.97 Å². The Hall–Kier alpha value is -2.95. The average Bonchev–Trinajstić information content (AvgIpc) is 3.04. The molecule has 0 bridgehead atoms. The molecule has 1 aliphatic rings. The quantitative estimate of drug-likeness (QED) is 0.403. The molecule has 0 aliphatic carbocycles. The lowest BCUT2D eigenvalue weighted by molar-refractivity contribution is -0.660. The molecule has 0 unspecified atom stereocenters. The number of hydrogen-bond acceptors (Lipinski definition) is 4. The maximum Gasteiger partial charge on any atom is 0.215 e. The molecule has 0 saturated heterocycles. The molecule has 0 N–H and O–H groups in total. The fourth-order valence-corrected chi connectivity index (χ4v) is 5.56. The Balaban J connectivity index is 2.01. The van der Waals surface area contributed by atoms with Crippen LogP contribution in [0.15, 0.2) is 36.8 Å². The second-order valence-corrected chi connectivity index (χ2v) is 12.4. The maximum absolute atomic E-state index is 4.84. The Morgan fingerprint density at radius 3 is 2.14 bits per heavy atom. The molecule has 1 atom stereocenters. The van der Waals surface area contributed by atoms with Gasteiger partial charge in [0.2, 0.25) is 5.69 Å². The van der Waals surface area contributed by atoms with E-state index in [-0.39, 0.29) is 17.1 Å². The van der Waals surface area contributed by atoms with Gasteiger partial charge in [0.1, 0.15) is 13.2 Å². The first kappa shape index (κ1) is 25.2. The van der Waals surface area contributed by atoms with E-state index in [9.17, 15) is 0 Å². The van der Waals surface area contributed by atoms with Crippen LogP contribution in [0.25, 0.3) is 11.3 Å². The van der Waals surface area contributed by atoms with Crippen LogP contribution in [0.4, 0.5) is 17.3 Å². The van der Waals surface area contributed by atoms with Gasteiger partial charge in [-0.15, -0.1) is 0 Å². The zero-order valence-corrected chi connectivity index (χ0v) is 23.5. The van der Waals surface area contributed by atoms with Gasteiger partial charge in [-0.1, -0.05) is 20.8 Å². The van der Waals surface area contributed by atoms with Crippen LogP contribution in [0.1, 0.15) is 70.7 Å². The first-order chi connectivity index (χ1) is 16.2. The molecule has 1 aromatic carbocycles. The molecule has 186 valence electrons. The number of hydrogen-bond donors (Lipinski definition) is 0. The van der Waals surface area contributed by atoms with Gasteiger partial charge in [0.05, 0.1) is 5.56 Å². The van der Waals surface area contributed by atoms with Crippen molar-refractivity contribution in [2.75, 3.05) is 9.80 Å². The summed E-state index contributed by atoms with van der Waals surface area (Å²) in [4.78, 5) is 14.4. The predicted molar refractivity (Wildman–Crippen MR) is 146 cm³/mol. The van der Waals surface area contributed by atoms with E-state index in [1.165, 1.54) is 39.2 Å². The average molecular weight is 473 g/mol. The summed E-state index contributed by atoms with van der Waals surface area (Å²) in [5, 5.41) is 0. The number of pyridine rings is 1. The van der Waals surface area contributed by atoms with Gasteiger partial charge in [0.15, 0.2) is 17.8 Å². The SMILES string of the molecule is Cc1cc[n+](C)c(-c2cc(CC(C)(C)C)cc(N3c4nccnc4N(C(C)(C)C)[C@H]3C)c2C)c1C. The number of rotatable bonds is 3. The highest BCUT2D eigenvalue weighted by atomic mass is 15.5. The Labute approximate surface area is 211 Å².